The zero-order chi connectivity index (χ0) is 15.8. The molecule has 2 heterocycles. The molecule has 4 nitrogen and oxygen atoms in total. The molecule has 2 rings (SSSR count). The highest BCUT2D eigenvalue weighted by Gasteiger charge is 2.29. The Morgan fingerprint density at radius 2 is 2.26 bits per heavy atom. The van der Waals surface area contributed by atoms with E-state index in [1.807, 2.05) is 30.1 Å². The second-order valence-corrected chi connectivity index (χ2v) is 7.83. The van der Waals surface area contributed by atoms with Crippen molar-refractivity contribution in [2.45, 2.75) is 37.9 Å². The number of rotatable bonds is 6. The quantitative estimate of drug-likeness (QED) is 0.289. The van der Waals surface area contributed by atoms with Gasteiger partial charge in [0.1, 0.15) is 5.15 Å². The lowest BCUT2D eigenvalue weighted by Crippen LogP contribution is -2.39. The Labute approximate surface area is 165 Å². The fourth-order valence-electron chi connectivity index (χ4n) is 2.43. The summed E-state index contributed by atoms with van der Waals surface area (Å²) in [5, 5.41) is 7.24. The summed E-state index contributed by atoms with van der Waals surface area (Å²) in [5.74, 6) is 2.16. The number of hydrogen-bond donors (Lipinski definition) is 2. The third kappa shape index (κ3) is 7.47. The molecule has 7 heteroatoms. The van der Waals surface area contributed by atoms with Gasteiger partial charge in [-0.15, -0.1) is 24.0 Å². The van der Waals surface area contributed by atoms with Crippen molar-refractivity contribution in [3.05, 3.63) is 29.0 Å². The van der Waals surface area contributed by atoms with E-state index in [1.54, 1.807) is 0 Å². The number of halogens is 2. The van der Waals surface area contributed by atoms with Crippen molar-refractivity contribution in [1.29, 1.82) is 0 Å². The zero-order valence-corrected chi connectivity index (χ0v) is 17.7. The Morgan fingerprint density at radius 3 is 2.87 bits per heavy atom. The maximum Gasteiger partial charge on any atom is 0.191 e. The molecule has 1 unspecified atom stereocenters. The normalized spacial score (nSPS) is 20.9. The first-order valence-corrected chi connectivity index (χ1v) is 9.24. The summed E-state index contributed by atoms with van der Waals surface area (Å²) in [6.07, 6.45) is 5.30. The molecule has 1 atom stereocenters. The Balaban J connectivity index is 0.00000264. The number of aromatic nitrogens is 1. The number of thioether (sulfide) groups is 1. The molecule has 0 bridgehead atoms. The predicted molar refractivity (Wildman–Crippen MR) is 112 cm³/mol. The Kier molecular flexibility index (Phi) is 9.61. The van der Waals surface area contributed by atoms with E-state index in [1.165, 1.54) is 24.2 Å². The lowest BCUT2D eigenvalue weighted by molar-refractivity contribution is 0.614. The van der Waals surface area contributed by atoms with Crippen molar-refractivity contribution < 1.29 is 0 Å². The average molecular weight is 469 g/mol. The molecule has 130 valence electrons. The molecular formula is C16H26ClIN4S. The molecule has 0 radical (unpaired) electrons. The molecule has 0 spiro atoms. The van der Waals surface area contributed by atoms with Crippen LogP contribution in [0.25, 0.3) is 0 Å². The van der Waals surface area contributed by atoms with E-state index >= 15 is 0 Å². The largest absolute Gasteiger partial charge is 0.357 e. The van der Waals surface area contributed by atoms with Gasteiger partial charge in [0.05, 0.1) is 6.54 Å². The van der Waals surface area contributed by atoms with Gasteiger partial charge in [-0.1, -0.05) is 17.7 Å². The lowest BCUT2D eigenvalue weighted by Gasteiger charge is -2.21. The fourth-order valence-corrected chi connectivity index (χ4v) is 3.77. The third-order valence-electron chi connectivity index (χ3n) is 3.71. The van der Waals surface area contributed by atoms with Gasteiger partial charge in [0.2, 0.25) is 0 Å². The summed E-state index contributed by atoms with van der Waals surface area (Å²) in [6.45, 7) is 6.98. The predicted octanol–water partition coefficient (Wildman–Crippen LogP) is 3.74. The molecule has 1 aliphatic heterocycles. The van der Waals surface area contributed by atoms with Crippen LogP contribution in [0.5, 0.6) is 0 Å². The second-order valence-electron chi connectivity index (χ2n) is 5.76. The smallest absolute Gasteiger partial charge is 0.191 e. The van der Waals surface area contributed by atoms with Gasteiger partial charge in [0.15, 0.2) is 5.96 Å². The topological polar surface area (TPSA) is 49.3 Å². The first-order valence-electron chi connectivity index (χ1n) is 7.88. The number of nitrogens with one attached hydrogen (secondary N) is 2. The Hall–Kier alpha value is -0.210. The van der Waals surface area contributed by atoms with E-state index in [-0.39, 0.29) is 24.0 Å². The van der Waals surface area contributed by atoms with Crippen LogP contribution in [0.15, 0.2) is 23.3 Å². The molecule has 0 saturated carbocycles. The molecule has 0 amide bonds. The van der Waals surface area contributed by atoms with Crippen LogP contribution in [0.4, 0.5) is 0 Å². The van der Waals surface area contributed by atoms with E-state index in [9.17, 15) is 0 Å². The molecule has 2 N–H and O–H groups in total. The van der Waals surface area contributed by atoms with Gasteiger partial charge in [0.25, 0.3) is 0 Å². The van der Waals surface area contributed by atoms with Gasteiger partial charge >= 0.3 is 0 Å². The van der Waals surface area contributed by atoms with Crippen LogP contribution in [-0.2, 0) is 6.42 Å². The summed E-state index contributed by atoms with van der Waals surface area (Å²) in [6, 6.07) is 3.84. The number of pyridine rings is 1. The highest BCUT2D eigenvalue weighted by molar-refractivity contribution is 14.0. The number of nitrogens with zero attached hydrogens (tertiary/aromatic N) is 2. The number of aliphatic imine (C=N–C) groups is 1. The Bertz CT molecular complexity index is 489. The van der Waals surface area contributed by atoms with Crippen LogP contribution >= 0.6 is 47.3 Å². The first-order chi connectivity index (χ1) is 10.6. The number of hydrogen-bond acceptors (Lipinski definition) is 3. The minimum absolute atomic E-state index is 0. The molecule has 0 aliphatic carbocycles. The van der Waals surface area contributed by atoms with E-state index in [2.05, 4.69) is 29.5 Å². The van der Waals surface area contributed by atoms with Gasteiger partial charge in [-0.05, 0) is 50.5 Å². The summed E-state index contributed by atoms with van der Waals surface area (Å²) in [7, 11) is 0. The van der Waals surface area contributed by atoms with Crippen LogP contribution in [0.2, 0.25) is 5.15 Å². The highest BCUT2D eigenvalue weighted by atomic mass is 127. The minimum atomic E-state index is 0. The van der Waals surface area contributed by atoms with Crippen molar-refractivity contribution in [3.8, 4) is 0 Å². The van der Waals surface area contributed by atoms with Gasteiger partial charge in [0, 0.05) is 24.0 Å². The van der Waals surface area contributed by atoms with E-state index in [0.717, 1.165) is 32.0 Å². The Morgan fingerprint density at radius 1 is 1.43 bits per heavy atom. The number of guanidine groups is 1. The lowest BCUT2D eigenvalue weighted by atomic mass is 10.1. The maximum absolute atomic E-state index is 5.80. The minimum Gasteiger partial charge on any atom is -0.357 e. The third-order valence-corrected chi connectivity index (χ3v) is 5.46. The summed E-state index contributed by atoms with van der Waals surface area (Å²) >= 11 is 7.84. The van der Waals surface area contributed by atoms with Crippen LogP contribution in [0, 0.1) is 0 Å². The molecule has 1 aromatic heterocycles. The van der Waals surface area contributed by atoms with Crippen LogP contribution in [0.3, 0.4) is 0 Å². The summed E-state index contributed by atoms with van der Waals surface area (Å²) in [4.78, 5) is 8.85. The summed E-state index contributed by atoms with van der Waals surface area (Å²) in [5.41, 5.74) is 1.17. The van der Waals surface area contributed by atoms with Crippen molar-refractivity contribution in [3.63, 3.8) is 0 Å². The van der Waals surface area contributed by atoms with Crippen LogP contribution < -0.4 is 10.6 Å². The van der Waals surface area contributed by atoms with E-state index in [0.29, 0.717) is 9.90 Å². The van der Waals surface area contributed by atoms with Gasteiger partial charge < -0.3 is 10.6 Å². The van der Waals surface area contributed by atoms with Crippen molar-refractivity contribution in [2.24, 2.45) is 4.99 Å². The van der Waals surface area contributed by atoms with Crippen molar-refractivity contribution in [1.82, 2.24) is 15.6 Å². The summed E-state index contributed by atoms with van der Waals surface area (Å²) < 4.78 is 0.308. The molecule has 1 fully saturated rings. The molecule has 23 heavy (non-hydrogen) atoms. The van der Waals surface area contributed by atoms with E-state index in [4.69, 9.17) is 16.6 Å². The van der Waals surface area contributed by atoms with Crippen molar-refractivity contribution in [2.75, 3.05) is 25.4 Å². The fraction of sp³-hybridized carbons (Fsp3) is 0.625. The molecule has 1 aliphatic rings. The molecule has 0 aromatic carbocycles. The zero-order valence-electron chi connectivity index (χ0n) is 13.8. The van der Waals surface area contributed by atoms with Crippen LogP contribution in [-0.4, -0.2) is 41.1 Å². The molecule has 1 saturated heterocycles. The van der Waals surface area contributed by atoms with E-state index < -0.39 is 0 Å². The van der Waals surface area contributed by atoms with Gasteiger partial charge in [-0.25, -0.2) is 4.98 Å². The average Bonchev–Trinajstić information content (AvgIpc) is 2.94. The monoisotopic (exact) mass is 468 g/mol. The first kappa shape index (κ1) is 20.8. The van der Waals surface area contributed by atoms with Crippen molar-refractivity contribution >= 4 is 53.3 Å². The second kappa shape index (κ2) is 10.6. The van der Waals surface area contributed by atoms with Gasteiger partial charge in [-0.2, -0.15) is 11.8 Å². The van der Waals surface area contributed by atoms with Gasteiger partial charge in [-0.3, -0.25) is 4.99 Å². The highest BCUT2D eigenvalue weighted by Crippen LogP contribution is 2.37. The standard InChI is InChI=1S/C16H25ClN4S.HI/c1-3-18-15(21-12-16(2)8-4-10-22-16)19-9-7-13-5-6-14(17)20-11-13;/h5-6,11H,3-4,7-10,12H2,1-2H3,(H2,18,19,21);1H. The molecular weight excluding hydrogens is 443 g/mol. The van der Waals surface area contributed by atoms with Crippen LogP contribution in [0.1, 0.15) is 32.3 Å². The molecule has 1 aromatic rings. The maximum atomic E-state index is 5.80. The SMILES string of the molecule is CCNC(=NCC1(C)CCCS1)NCCc1ccc(Cl)nc1.I.